The highest BCUT2D eigenvalue weighted by Gasteiger charge is 2.06. The lowest BCUT2D eigenvalue weighted by Gasteiger charge is -2.01. The van der Waals surface area contributed by atoms with Crippen molar-refractivity contribution in [2.75, 3.05) is 5.75 Å². The largest absolute Gasteiger partial charge is 0.494 e. The third kappa shape index (κ3) is 5.01. The van der Waals surface area contributed by atoms with Gasteiger partial charge in [-0.1, -0.05) is 11.6 Å². The minimum absolute atomic E-state index is 0.104. The van der Waals surface area contributed by atoms with Crippen LogP contribution in [0, 0.1) is 0 Å². The summed E-state index contributed by atoms with van der Waals surface area (Å²) in [6, 6.07) is 6.99. The number of nitrogens with one attached hydrogen (secondary N) is 3. The van der Waals surface area contributed by atoms with E-state index in [1.54, 1.807) is 24.3 Å². The van der Waals surface area contributed by atoms with Gasteiger partial charge < -0.3 is 5.11 Å². The Kier molecular flexibility index (Phi) is 5.61. The van der Waals surface area contributed by atoms with E-state index in [2.05, 4.69) is 10.5 Å². The number of hydrogen-bond donors (Lipinski definition) is 4. The molecule has 0 fully saturated rings. The Morgan fingerprint density at radius 1 is 1.30 bits per heavy atom. The quantitative estimate of drug-likeness (QED) is 0.356. The molecule has 0 spiro atoms. The van der Waals surface area contributed by atoms with E-state index in [1.165, 1.54) is 11.8 Å². The minimum atomic E-state index is -0.840. The monoisotopic (exact) mass is 354 g/mol. The van der Waals surface area contributed by atoms with Gasteiger partial charge in [-0.05, 0) is 24.3 Å². The third-order valence-corrected chi connectivity index (χ3v) is 3.79. The van der Waals surface area contributed by atoms with Gasteiger partial charge in [-0.3, -0.25) is 19.6 Å². The van der Waals surface area contributed by atoms with Gasteiger partial charge >= 0.3 is 5.69 Å². The van der Waals surface area contributed by atoms with E-state index in [0.29, 0.717) is 5.02 Å². The smallest absolute Gasteiger partial charge is 0.328 e. The van der Waals surface area contributed by atoms with Crippen molar-refractivity contribution in [1.29, 1.82) is 0 Å². The molecular formula is C13H11ClN4O4S. The number of aromatic amines is 2. The number of hydrazone groups is 1. The number of rotatable bonds is 5. The summed E-state index contributed by atoms with van der Waals surface area (Å²) in [7, 11) is 0. The van der Waals surface area contributed by atoms with Crippen molar-refractivity contribution in [1.82, 2.24) is 15.4 Å². The minimum Gasteiger partial charge on any atom is -0.494 e. The molecule has 1 heterocycles. The Balaban J connectivity index is 1.90. The standard InChI is InChI=1S/C13H11ClN4O4S/c14-7-1-3-8(4-2-7)23-6-10(19)18-15-5-9-11(20)16-13(22)17-12(9)21/h1-5H,6H2,(H,18,19)(H3,16,17,20,21,22)/b15-5+. The zero-order chi connectivity index (χ0) is 16.8. The number of nitrogens with zero attached hydrogens (tertiary/aromatic N) is 1. The van der Waals surface area contributed by atoms with Crippen molar-refractivity contribution in [3.63, 3.8) is 0 Å². The van der Waals surface area contributed by atoms with Crippen LogP contribution in [0.3, 0.4) is 0 Å². The molecule has 120 valence electrons. The highest BCUT2D eigenvalue weighted by molar-refractivity contribution is 8.00. The number of aromatic hydroxyl groups is 1. The van der Waals surface area contributed by atoms with Crippen molar-refractivity contribution in [2.45, 2.75) is 4.90 Å². The molecule has 23 heavy (non-hydrogen) atoms. The highest BCUT2D eigenvalue weighted by Crippen LogP contribution is 2.19. The predicted molar refractivity (Wildman–Crippen MR) is 87.3 cm³/mol. The number of hydrogen-bond acceptors (Lipinski definition) is 6. The second kappa shape index (κ2) is 7.65. The van der Waals surface area contributed by atoms with Crippen molar-refractivity contribution in [2.24, 2.45) is 5.10 Å². The number of carbonyl (C=O) groups is 1. The Morgan fingerprint density at radius 2 is 2.00 bits per heavy atom. The zero-order valence-electron chi connectivity index (χ0n) is 11.5. The molecule has 10 heteroatoms. The molecule has 0 atom stereocenters. The van der Waals surface area contributed by atoms with Crippen LogP contribution < -0.4 is 16.7 Å². The van der Waals surface area contributed by atoms with Gasteiger partial charge in [0.15, 0.2) is 0 Å². The van der Waals surface area contributed by atoms with Crippen LogP contribution >= 0.6 is 23.4 Å². The first kappa shape index (κ1) is 16.8. The fourth-order valence-electron chi connectivity index (χ4n) is 1.48. The van der Waals surface area contributed by atoms with E-state index in [-0.39, 0.29) is 11.3 Å². The Bertz CT molecular complexity index is 844. The molecule has 0 saturated heterocycles. The van der Waals surface area contributed by atoms with Crippen LogP contribution in [0.25, 0.3) is 0 Å². The van der Waals surface area contributed by atoms with Gasteiger partial charge in [-0.2, -0.15) is 5.10 Å². The van der Waals surface area contributed by atoms with E-state index >= 15 is 0 Å². The maximum Gasteiger partial charge on any atom is 0.328 e. The number of aromatic nitrogens is 2. The van der Waals surface area contributed by atoms with Crippen LogP contribution in [0.5, 0.6) is 5.88 Å². The summed E-state index contributed by atoms with van der Waals surface area (Å²) >= 11 is 7.04. The highest BCUT2D eigenvalue weighted by atomic mass is 35.5. The van der Waals surface area contributed by atoms with Crippen molar-refractivity contribution < 1.29 is 9.90 Å². The van der Waals surface area contributed by atoms with Crippen molar-refractivity contribution in [3.05, 3.63) is 55.7 Å². The summed E-state index contributed by atoms with van der Waals surface area (Å²) in [6.07, 6.45) is 0.939. The average molecular weight is 355 g/mol. The summed E-state index contributed by atoms with van der Waals surface area (Å²) in [4.78, 5) is 38.7. The van der Waals surface area contributed by atoms with E-state index in [1.807, 2.05) is 9.97 Å². The van der Waals surface area contributed by atoms with E-state index in [4.69, 9.17) is 11.6 Å². The molecule has 0 aliphatic carbocycles. The normalized spacial score (nSPS) is 10.8. The van der Waals surface area contributed by atoms with Crippen LogP contribution in [0.15, 0.2) is 43.9 Å². The number of H-pyrrole nitrogens is 2. The number of benzene rings is 1. The molecule has 2 aromatic rings. The lowest BCUT2D eigenvalue weighted by Crippen LogP contribution is -2.26. The fourth-order valence-corrected chi connectivity index (χ4v) is 2.30. The van der Waals surface area contributed by atoms with Crippen LogP contribution in [0.4, 0.5) is 0 Å². The maximum atomic E-state index is 11.6. The van der Waals surface area contributed by atoms with Gasteiger partial charge in [0.2, 0.25) is 11.8 Å². The number of amides is 1. The van der Waals surface area contributed by atoms with Crippen LogP contribution in [-0.4, -0.2) is 32.9 Å². The lowest BCUT2D eigenvalue weighted by atomic mass is 10.3. The second-order valence-corrected chi connectivity index (χ2v) is 5.69. The van der Waals surface area contributed by atoms with Crippen molar-refractivity contribution in [3.8, 4) is 5.88 Å². The van der Waals surface area contributed by atoms with Gasteiger partial charge in [-0.25, -0.2) is 10.2 Å². The molecule has 1 amide bonds. The van der Waals surface area contributed by atoms with E-state index in [9.17, 15) is 19.5 Å². The predicted octanol–water partition coefficient (Wildman–Crippen LogP) is 0.665. The van der Waals surface area contributed by atoms with E-state index in [0.717, 1.165) is 11.1 Å². The van der Waals surface area contributed by atoms with Crippen molar-refractivity contribution >= 4 is 35.5 Å². The first-order valence-corrected chi connectivity index (χ1v) is 7.58. The molecule has 1 aromatic carbocycles. The molecule has 0 radical (unpaired) electrons. The summed E-state index contributed by atoms with van der Waals surface area (Å²) in [6.45, 7) is 0. The first-order chi connectivity index (χ1) is 11.0. The molecule has 2 rings (SSSR count). The Hall–Kier alpha value is -2.52. The topological polar surface area (TPSA) is 127 Å². The van der Waals surface area contributed by atoms with Gasteiger partial charge in [0.05, 0.1) is 12.0 Å². The van der Waals surface area contributed by atoms with Gasteiger partial charge in [0.1, 0.15) is 5.56 Å². The molecular weight excluding hydrogens is 344 g/mol. The van der Waals surface area contributed by atoms with Gasteiger partial charge in [0.25, 0.3) is 5.56 Å². The molecule has 0 aliphatic heterocycles. The zero-order valence-corrected chi connectivity index (χ0v) is 13.1. The number of thioether (sulfide) groups is 1. The van der Waals surface area contributed by atoms with Gasteiger partial charge in [-0.15, -0.1) is 11.8 Å². The van der Waals surface area contributed by atoms with Crippen LogP contribution in [-0.2, 0) is 4.79 Å². The van der Waals surface area contributed by atoms with Crippen LogP contribution in [0.2, 0.25) is 5.02 Å². The molecule has 8 nitrogen and oxygen atoms in total. The molecule has 0 saturated carbocycles. The second-order valence-electron chi connectivity index (χ2n) is 4.21. The lowest BCUT2D eigenvalue weighted by molar-refractivity contribution is -0.118. The fraction of sp³-hybridized carbons (Fsp3) is 0.0769. The summed E-state index contributed by atoms with van der Waals surface area (Å²) in [5.74, 6) is -0.929. The van der Waals surface area contributed by atoms with Gasteiger partial charge in [0, 0.05) is 9.92 Å². The molecule has 0 unspecified atom stereocenters. The SMILES string of the molecule is O=C(CSc1ccc(Cl)cc1)N/N=C/c1c(O)[nH]c(=O)[nH]c1=O. The molecule has 0 aliphatic rings. The molecule has 1 aromatic heterocycles. The number of halogens is 1. The number of carbonyl (C=O) groups excluding carboxylic acids is 1. The maximum absolute atomic E-state index is 11.6. The van der Waals surface area contributed by atoms with Crippen LogP contribution in [0.1, 0.15) is 5.56 Å². The molecule has 0 bridgehead atoms. The first-order valence-electron chi connectivity index (χ1n) is 6.21. The Morgan fingerprint density at radius 3 is 2.65 bits per heavy atom. The average Bonchev–Trinajstić information content (AvgIpc) is 2.49. The summed E-state index contributed by atoms with van der Waals surface area (Å²) in [5.41, 5.74) is 0.282. The Labute approximate surface area is 138 Å². The summed E-state index contributed by atoms with van der Waals surface area (Å²) < 4.78 is 0. The third-order valence-electron chi connectivity index (χ3n) is 2.53. The summed E-state index contributed by atoms with van der Waals surface area (Å²) in [5, 5.41) is 13.6. The molecule has 4 N–H and O–H groups in total. The van der Waals surface area contributed by atoms with E-state index < -0.39 is 23.0 Å².